The first-order valence-electron chi connectivity index (χ1n) is 13.6. The van der Waals surface area contributed by atoms with Gasteiger partial charge in [0.2, 0.25) is 5.91 Å². The normalized spacial score (nSPS) is 13.0. The van der Waals surface area contributed by atoms with Gasteiger partial charge >= 0.3 is 5.97 Å². The molecule has 1 rings (SSSR count). The fourth-order valence-corrected chi connectivity index (χ4v) is 3.96. The van der Waals surface area contributed by atoms with Crippen LogP contribution in [0, 0.1) is 0 Å². The molecule has 0 radical (unpaired) electrons. The van der Waals surface area contributed by atoms with E-state index in [1.54, 1.807) is 0 Å². The van der Waals surface area contributed by atoms with Crippen LogP contribution in [0.3, 0.4) is 0 Å². The molecule has 1 aliphatic heterocycles. The summed E-state index contributed by atoms with van der Waals surface area (Å²) in [6.07, 6.45) is 21.9. The highest BCUT2D eigenvalue weighted by atomic mass is 16.7. The van der Waals surface area contributed by atoms with Crippen LogP contribution in [0.1, 0.15) is 116 Å². The molecule has 8 nitrogen and oxygen atoms in total. The molecule has 200 valence electrons. The Labute approximate surface area is 211 Å². The summed E-state index contributed by atoms with van der Waals surface area (Å²) in [7, 11) is 0. The Morgan fingerprint density at radius 1 is 0.714 bits per heavy atom. The minimum absolute atomic E-state index is 0.00585. The minimum atomic E-state index is -0.457. The summed E-state index contributed by atoms with van der Waals surface area (Å²) in [5.41, 5.74) is 2.21. The number of carbonyl (C=O) groups is 4. The molecule has 0 atom stereocenters. The summed E-state index contributed by atoms with van der Waals surface area (Å²) in [6.45, 7) is 2.35. The molecule has 0 aliphatic carbocycles. The van der Waals surface area contributed by atoms with Crippen molar-refractivity contribution >= 4 is 23.7 Å². The van der Waals surface area contributed by atoms with Gasteiger partial charge in [-0.2, -0.15) is 0 Å². The van der Waals surface area contributed by atoms with Gasteiger partial charge in [-0.15, -0.1) is 0 Å². The third-order valence-corrected chi connectivity index (χ3v) is 6.08. The van der Waals surface area contributed by atoms with Crippen LogP contribution in [-0.2, 0) is 28.8 Å². The quantitative estimate of drug-likeness (QED) is 0.0912. The maximum Gasteiger partial charge on any atom is 0.305 e. The van der Waals surface area contributed by atoms with E-state index in [0.717, 1.165) is 24.2 Å². The lowest BCUT2D eigenvalue weighted by atomic mass is 10.0. The monoisotopic (exact) mass is 494 g/mol. The highest BCUT2D eigenvalue weighted by Gasteiger charge is 2.23. The first-order chi connectivity index (χ1) is 17.0. The van der Waals surface area contributed by atoms with Crippen molar-refractivity contribution in [1.82, 2.24) is 10.4 Å². The molecule has 0 unspecified atom stereocenters. The Morgan fingerprint density at radius 3 is 1.71 bits per heavy atom. The summed E-state index contributed by atoms with van der Waals surface area (Å²) in [5.74, 6) is -1.57. The third kappa shape index (κ3) is 16.9. The van der Waals surface area contributed by atoms with Crippen molar-refractivity contribution in [3.8, 4) is 0 Å². The fourth-order valence-electron chi connectivity index (χ4n) is 3.96. The predicted octanol–water partition coefficient (Wildman–Crippen LogP) is 5.15. The Morgan fingerprint density at radius 2 is 1.20 bits per heavy atom. The number of imide groups is 1. The first kappa shape index (κ1) is 30.8. The average molecular weight is 495 g/mol. The standard InChI is InChI=1S/C27H46N2O6/c1-2-3-4-5-6-7-8-9-10-11-12-13-14-15-16-17-27(33)34-22-23-35-28-24(30)20-21-29-25(31)18-19-26(29)32/h18-19H,2-17,20-23H2,1H3,(H,28,30). The van der Waals surface area contributed by atoms with E-state index in [1.165, 1.54) is 89.2 Å². The number of amides is 3. The summed E-state index contributed by atoms with van der Waals surface area (Å²) >= 11 is 0. The molecule has 1 heterocycles. The summed E-state index contributed by atoms with van der Waals surface area (Å²) in [6, 6.07) is 0. The van der Waals surface area contributed by atoms with E-state index in [4.69, 9.17) is 9.57 Å². The van der Waals surface area contributed by atoms with E-state index >= 15 is 0 Å². The van der Waals surface area contributed by atoms with Gasteiger partial charge in [0.15, 0.2) is 0 Å². The van der Waals surface area contributed by atoms with Crippen LogP contribution in [0.25, 0.3) is 0 Å². The zero-order valence-electron chi connectivity index (χ0n) is 21.7. The second-order valence-electron chi connectivity index (χ2n) is 9.21. The van der Waals surface area contributed by atoms with E-state index in [1.807, 2.05) is 0 Å². The van der Waals surface area contributed by atoms with Crippen LogP contribution in [0.15, 0.2) is 12.2 Å². The van der Waals surface area contributed by atoms with E-state index in [9.17, 15) is 19.2 Å². The lowest BCUT2D eigenvalue weighted by Gasteiger charge is -2.13. The van der Waals surface area contributed by atoms with Gasteiger partial charge in [-0.3, -0.25) is 28.9 Å². The highest BCUT2D eigenvalue weighted by Crippen LogP contribution is 2.13. The molecule has 0 saturated heterocycles. The van der Waals surface area contributed by atoms with Gasteiger partial charge in [0.1, 0.15) is 13.2 Å². The molecule has 8 heteroatoms. The fraction of sp³-hybridized carbons (Fsp3) is 0.778. The lowest BCUT2D eigenvalue weighted by Crippen LogP contribution is -2.35. The van der Waals surface area contributed by atoms with Crippen molar-refractivity contribution in [2.75, 3.05) is 19.8 Å². The van der Waals surface area contributed by atoms with Gasteiger partial charge in [-0.25, -0.2) is 5.48 Å². The Balaban J connectivity index is 1.80. The van der Waals surface area contributed by atoms with Crippen molar-refractivity contribution in [2.45, 2.75) is 116 Å². The van der Waals surface area contributed by atoms with Gasteiger partial charge in [0.05, 0.1) is 0 Å². The lowest BCUT2D eigenvalue weighted by molar-refractivity contribution is -0.147. The van der Waals surface area contributed by atoms with Gasteiger partial charge in [-0.05, 0) is 6.42 Å². The van der Waals surface area contributed by atoms with Crippen LogP contribution < -0.4 is 5.48 Å². The number of carbonyl (C=O) groups excluding carboxylic acids is 4. The van der Waals surface area contributed by atoms with E-state index in [0.29, 0.717) is 6.42 Å². The van der Waals surface area contributed by atoms with Gasteiger partial charge in [0.25, 0.3) is 11.8 Å². The van der Waals surface area contributed by atoms with Crippen LogP contribution in [-0.4, -0.2) is 48.3 Å². The Kier molecular flexibility index (Phi) is 18.6. The van der Waals surface area contributed by atoms with Crippen LogP contribution in [0.2, 0.25) is 0 Å². The number of nitrogens with zero attached hydrogens (tertiary/aromatic N) is 1. The second-order valence-corrected chi connectivity index (χ2v) is 9.21. The summed E-state index contributed by atoms with van der Waals surface area (Å²) in [4.78, 5) is 52.1. The number of rotatable bonds is 23. The molecule has 0 spiro atoms. The zero-order chi connectivity index (χ0) is 25.6. The van der Waals surface area contributed by atoms with Gasteiger partial charge in [-0.1, -0.05) is 96.8 Å². The van der Waals surface area contributed by atoms with Gasteiger partial charge in [0, 0.05) is 31.5 Å². The molecule has 0 fully saturated rings. The van der Waals surface area contributed by atoms with Crippen LogP contribution in [0.4, 0.5) is 0 Å². The zero-order valence-corrected chi connectivity index (χ0v) is 21.7. The van der Waals surface area contributed by atoms with E-state index in [-0.39, 0.29) is 32.1 Å². The molecule has 0 aromatic rings. The number of hydrogen-bond donors (Lipinski definition) is 1. The number of unbranched alkanes of at least 4 members (excludes halogenated alkanes) is 14. The van der Waals surface area contributed by atoms with Crippen LogP contribution >= 0.6 is 0 Å². The van der Waals surface area contributed by atoms with Crippen molar-refractivity contribution in [3.05, 3.63) is 12.2 Å². The molecule has 0 aromatic heterocycles. The largest absolute Gasteiger partial charge is 0.463 e. The first-order valence-corrected chi connectivity index (χ1v) is 13.6. The van der Waals surface area contributed by atoms with Crippen molar-refractivity contribution in [1.29, 1.82) is 0 Å². The smallest absolute Gasteiger partial charge is 0.305 e. The number of nitrogens with one attached hydrogen (secondary N) is 1. The molecule has 3 amide bonds. The maximum atomic E-state index is 11.7. The molecule has 0 aromatic carbocycles. The van der Waals surface area contributed by atoms with E-state index in [2.05, 4.69) is 12.4 Å². The number of hydrogen-bond acceptors (Lipinski definition) is 6. The third-order valence-electron chi connectivity index (χ3n) is 6.08. The number of esters is 1. The SMILES string of the molecule is CCCCCCCCCCCCCCCCCC(=O)OCCONC(=O)CCN1C(=O)C=CC1=O. The minimum Gasteiger partial charge on any atom is -0.463 e. The molecule has 0 saturated carbocycles. The van der Waals surface area contributed by atoms with Crippen molar-refractivity contribution < 1.29 is 28.8 Å². The molecular weight excluding hydrogens is 448 g/mol. The topological polar surface area (TPSA) is 102 Å². The predicted molar refractivity (Wildman–Crippen MR) is 135 cm³/mol. The molecule has 1 N–H and O–H groups in total. The van der Waals surface area contributed by atoms with E-state index < -0.39 is 17.7 Å². The molecule has 1 aliphatic rings. The highest BCUT2D eigenvalue weighted by molar-refractivity contribution is 6.13. The Bertz CT molecular complexity index is 632. The number of ether oxygens (including phenoxy) is 1. The van der Waals surface area contributed by atoms with Crippen LogP contribution in [0.5, 0.6) is 0 Å². The maximum absolute atomic E-state index is 11.7. The number of hydroxylamine groups is 1. The summed E-state index contributed by atoms with van der Waals surface area (Å²) in [5, 5.41) is 0. The van der Waals surface area contributed by atoms with Gasteiger partial charge < -0.3 is 4.74 Å². The second kappa shape index (κ2) is 21.1. The summed E-state index contributed by atoms with van der Waals surface area (Å²) < 4.78 is 5.09. The molecule has 35 heavy (non-hydrogen) atoms. The molecule has 0 bridgehead atoms. The van der Waals surface area contributed by atoms with Crippen molar-refractivity contribution in [2.24, 2.45) is 0 Å². The molecular formula is C27H46N2O6. The average Bonchev–Trinajstić information content (AvgIpc) is 3.16. The Hall–Kier alpha value is -2.22. The van der Waals surface area contributed by atoms with Crippen molar-refractivity contribution in [3.63, 3.8) is 0 Å².